The van der Waals surface area contributed by atoms with E-state index in [2.05, 4.69) is 20.9 Å². The normalized spacial score (nSPS) is 10.3. The largest absolute Gasteiger partial charge is 0.384 e. The van der Waals surface area contributed by atoms with Crippen molar-refractivity contribution in [2.45, 2.75) is 16.8 Å². The van der Waals surface area contributed by atoms with Crippen LogP contribution in [0.15, 0.2) is 50.9 Å². The van der Waals surface area contributed by atoms with Gasteiger partial charge in [0.05, 0.1) is 4.47 Å². The first-order chi connectivity index (χ1) is 8.58. The molecule has 1 heterocycles. The molecule has 0 spiro atoms. The number of hydrogen-bond acceptors (Lipinski definition) is 3. The summed E-state index contributed by atoms with van der Waals surface area (Å²) in [6.07, 6.45) is 1.74. The first-order valence-corrected chi connectivity index (χ1v) is 6.92. The van der Waals surface area contributed by atoms with E-state index in [1.807, 2.05) is 37.3 Å². The number of benzene rings is 1. The van der Waals surface area contributed by atoms with Crippen LogP contribution in [0.4, 0.5) is 0 Å². The van der Waals surface area contributed by atoms with Crippen LogP contribution in [0.25, 0.3) is 0 Å². The van der Waals surface area contributed by atoms with Gasteiger partial charge in [0.25, 0.3) is 0 Å². The Balaban J connectivity index is 2.41. The summed E-state index contributed by atoms with van der Waals surface area (Å²) in [5.74, 6) is 0.0771. The molecule has 0 saturated heterocycles. The predicted molar refractivity (Wildman–Crippen MR) is 78.3 cm³/mol. The highest BCUT2D eigenvalue weighted by Crippen LogP contribution is 2.33. The van der Waals surface area contributed by atoms with Crippen molar-refractivity contribution in [3.8, 4) is 0 Å². The number of nitrogen functional groups attached to an aromatic ring is 1. The van der Waals surface area contributed by atoms with Crippen molar-refractivity contribution in [3.63, 3.8) is 0 Å². The second-order valence-corrected chi connectivity index (χ2v) is 5.69. The molecule has 5 heteroatoms. The summed E-state index contributed by atoms with van der Waals surface area (Å²) in [6, 6.07) is 9.71. The second-order valence-electron chi connectivity index (χ2n) is 3.81. The zero-order valence-corrected chi connectivity index (χ0v) is 12.2. The molecule has 0 aliphatic rings. The lowest BCUT2D eigenvalue weighted by Crippen LogP contribution is -2.12. The van der Waals surface area contributed by atoms with Crippen LogP contribution in [0.3, 0.4) is 0 Å². The molecule has 0 amide bonds. The minimum atomic E-state index is 0.0771. The fourth-order valence-electron chi connectivity index (χ4n) is 1.49. The average molecular weight is 322 g/mol. The quantitative estimate of drug-likeness (QED) is 0.670. The van der Waals surface area contributed by atoms with Crippen LogP contribution >= 0.6 is 27.7 Å². The number of halogens is 1. The number of pyridine rings is 1. The van der Waals surface area contributed by atoms with Crippen molar-refractivity contribution in [2.24, 2.45) is 5.73 Å². The highest BCUT2D eigenvalue weighted by atomic mass is 79.9. The van der Waals surface area contributed by atoms with Crippen molar-refractivity contribution in [3.05, 3.63) is 52.1 Å². The van der Waals surface area contributed by atoms with Crippen molar-refractivity contribution in [2.75, 3.05) is 0 Å². The van der Waals surface area contributed by atoms with Gasteiger partial charge >= 0.3 is 0 Å². The van der Waals surface area contributed by atoms with Crippen molar-refractivity contribution in [1.82, 2.24) is 4.98 Å². The molecule has 0 fully saturated rings. The maximum absolute atomic E-state index is 7.62. The second kappa shape index (κ2) is 5.54. The molecule has 1 aromatic heterocycles. The molecule has 2 aromatic rings. The number of nitrogens with one attached hydrogen (secondary N) is 1. The molecule has 18 heavy (non-hydrogen) atoms. The zero-order chi connectivity index (χ0) is 13.1. The van der Waals surface area contributed by atoms with Crippen LogP contribution in [-0.2, 0) is 0 Å². The van der Waals surface area contributed by atoms with Gasteiger partial charge in [-0.15, -0.1) is 0 Å². The fraction of sp³-hybridized carbons (Fsp3) is 0.0769. The van der Waals surface area contributed by atoms with Gasteiger partial charge in [0.15, 0.2) is 0 Å². The van der Waals surface area contributed by atoms with E-state index < -0.39 is 0 Å². The van der Waals surface area contributed by atoms with Crippen molar-refractivity contribution >= 4 is 33.5 Å². The molecule has 92 valence electrons. The van der Waals surface area contributed by atoms with E-state index in [-0.39, 0.29) is 5.84 Å². The third kappa shape index (κ3) is 2.91. The number of aryl methyl sites for hydroxylation is 1. The van der Waals surface area contributed by atoms with Gasteiger partial charge in [-0.2, -0.15) is 0 Å². The van der Waals surface area contributed by atoms with Crippen LogP contribution in [0, 0.1) is 12.3 Å². The Morgan fingerprint density at radius 2 is 2.17 bits per heavy atom. The number of nitrogens with two attached hydrogens (primary N) is 1. The molecule has 1 aromatic carbocycles. The van der Waals surface area contributed by atoms with E-state index in [4.69, 9.17) is 11.1 Å². The SMILES string of the molecule is Cc1ccc(Sc2ncccc2Br)c(C(=N)N)c1. The Labute approximate surface area is 118 Å². The van der Waals surface area contributed by atoms with Gasteiger partial charge in [0, 0.05) is 16.7 Å². The number of hydrogen-bond donors (Lipinski definition) is 2. The van der Waals surface area contributed by atoms with Gasteiger partial charge in [-0.25, -0.2) is 4.98 Å². The van der Waals surface area contributed by atoms with Gasteiger partial charge in [-0.1, -0.05) is 23.4 Å². The number of amidine groups is 1. The van der Waals surface area contributed by atoms with Gasteiger partial charge in [-0.05, 0) is 47.1 Å². The minimum absolute atomic E-state index is 0.0771. The smallest absolute Gasteiger partial charge is 0.123 e. The summed E-state index contributed by atoms with van der Waals surface area (Å²) in [4.78, 5) is 5.24. The summed E-state index contributed by atoms with van der Waals surface area (Å²) < 4.78 is 0.935. The van der Waals surface area contributed by atoms with E-state index in [1.165, 1.54) is 11.8 Å². The summed E-state index contributed by atoms with van der Waals surface area (Å²) in [5, 5.41) is 8.49. The van der Waals surface area contributed by atoms with Gasteiger partial charge in [-0.3, -0.25) is 5.41 Å². The molecule has 3 N–H and O–H groups in total. The van der Waals surface area contributed by atoms with Crippen molar-refractivity contribution in [1.29, 1.82) is 5.41 Å². The molecule has 0 aliphatic heterocycles. The summed E-state index contributed by atoms with van der Waals surface area (Å²) in [7, 11) is 0. The summed E-state index contributed by atoms with van der Waals surface area (Å²) >= 11 is 4.96. The Bertz CT molecular complexity index is 599. The molecule has 0 bridgehead atoms. The van der Waals surface area contributed by atoms with Crippen LogP contribution in [0.1, 0.15) is 11.1 Å². The molecule has 0 unspecified atom stereocenters. The first-order valence-electron chi connectivity index (χ1n) is 5.31. The highest BCUT2D eigenvalue weighted by molar-refractivity contribution is 9.10. The molecule has 2 rings (SSSR count). The molecule has 0 saturated carbocycles. The minimum Gasteiger partial charge on any atom is -0.384 e. The molecular weight excluding hydrogens is 310 g/mol. The Morgan fingerprint density at radius 1 is 1.39 bits per heavy atom. The lowest BCUT2D eigenvalue weighted by molar-refractivity contribution is 1.11. The van der Waals surface area contributed by atoms with E-state index in [1.54, 1.807) is 6.20 Å². The Kier molecular flexibility index (Phi) is 4.04. The summed E-state index contributed by atoms with van der Waals surface area (Å²) in [5.41, 5.74) is 7.45. The Hall–Kier alpha value is -1.33. The molecule has 0 aliphatic carbocycles. The number of nitrogens with zero attached hydrogens (tertiary/aromatic N) is 1. The van der Waals surface area contributed by atoms with Gasteiger partial charge < -0.3 is 5.73 Å². The van der Waals surface area contributed by atoms with Crippen molar-refractivity contribution < 1.29 is 0 Å². The zero-order valence-electron chi connectivity index (χ0n) is 9.77. The van der Waals surface area contributed by atoms with Crippen LogP contribution in [-0.4, -0.2) is 10.8 Å². The first kappa shape index (κ1) is 13.1. The molecular formula is C13H12BrN3S. The molecule has 0 atom stereocenters. The number of aromatic nitrogens is 1. The van der Waals surface area contributed by atoms with E-state index in [0.29, 0.717) is 0 Å². The topological polar surface area (TPSA) is 62.8 Å². The van der Waals surface area contributed by atoms with Crippen LogP contribution in [0.2, 0.25) is 0 Å². The van der Waals surface area contributed by atoms with E-state index >= 15 is 0 Å². The monoisotopic (exact) mass is 321 g/mol. The third-order valence-electron chi connectivity index (χ3n) is 2.36. The maximum atomic E-state index is 7.62. The number of rotatable bonds is 3. The maximum Gasteiger partial charge on any atom is 0.123 e. The fourth-order valence-corrected chi connectivity index (χ4v) is 2.89. The molecule has 0 radical (unpaired) electrons. The standard InChI is InChI=1S/C13H12BrN3S/c1-8-4-5-11(9(7-8)12(15)16)18-13-10(14)3-2-6-17-13/h2-7H,1H3,(H3,15,16). The van der Waals surface area contributed by atoms with E-state index in [9.17, 15) is 0 Å². The lowest BCUT2D eigenvalue weighted by Gasteiger charge is -2.09. The van der Waals surface area contributed by atoms with Crippen LogP contribution < -0.4 is 5.73 Å². The average Bonchev–Trinajstić information content (AvgIpc) is 2.34. The Morgan fingerprint density at radius 3 is 2.83 bits per heavy atom. The van der Waals surface area contributed by atoms with Crippen LogP contribution in [0.5, 0.6) is 0 Å². The lowest BCUT2D eigenvalue weighted by atomic mass is 10.1. The van der Waals surface area contributed by atoms with Gasteiger partial charge in [0.2, 0.25) is 0 Å². The third-order valence-corrected chi connectivity index (χ3v) is 4.35. The molecule has 3 nitrogen and oxygen atoms in total. The summed E-state index contributed by atoms with van der Waals surface area (Å²) in [6.45, 7) is 1.98. The highest BCUT2D eigenvalue weighted by Gasteiger charge is 2.10. The predicted octanol–water partition coefficient (Wildman–Crippen LogP) is 3.59. The van der Waals surface area contributed by atoms with E-state index in [0.717, 1.165) is 25.5 Å². The van der Waals surface area contributed by atoms with Gasteiger partial charge in [0.1, 0.15) is 10.9 Å².